The van der Waals surface area contributed by atoms with Gasteiger partial charge in [0.2, 0.25) is 0 Å². The molecule has 0 saturated heterocycles. The van der Waals surface area contributed by atoms with Crippen molar-refractivity contribution in [3.63, 3.8) is 0 Å². The third kappa shape index (κ3) is 2.53. The summed E-state index contributed by atoms with van der Waals surface area (Å²) in [6.45, 7) is 0. The number of hydrogen-bond acceptors (Lipinski definition) is 7. The summed E-state index contributed by atoms with van der Waals surface area (Å²) in [7, 11) is 0. The van der Waals surface area contributed by atoms with Gasteiger partial charge in [0.05, 0.1) is 16.3 Å². The van der Waals surface area contributed by atoms with Crippen LogP contribution in [0.1, 0.15) is 9.75 Å². The number of aromatic hydroxyl groups is 1. The molecule has 6 nitrogen and oxygen atoms in total. The fraction of sp³-hybridized carbons (Fsp3) is 0. The van der Waals surface area contributed by atoms with E-state index >= 15 is 0 Å². The SMILES string of the molecule is N#C/C(=N\Nc1ccccc1)c1sc(C#N)c(O)c1N. The Morgan fingerprint density at radius 2 is 2.00 bits per heavy atom. The van der Waals surface area contributed by atoms with Gasteiger partial charge in [0.25, 0.3) is 0 Å². The maximum Gasteiger partial charge on any atom is 0.180 e. The minimum absolute atomic E-state index is 0.00755. The molecule has 2 rings (SSSR count). The van der Waals surface area contributed by atoms with Crippen molar-refractivity contribution in [3.05, 3.63) is 40.1 Å². The van der Waals surface area contributed by atoms with Crippen molar-refractivity contribution in [2.24, 2.45) is 5.10 Å². The van der Waals surface area contributed by atoms with E-state index in [1.54, 1.807) is 12.1 Å². The Morgan fingerprint density at radius 3 is 2.55 bits per heavy atom. The van der Waals surface area contributed by atoms with E-state index in [4.69, 9.17) is 16.3 Å². The molecular weight excluding hydrogens is 274 g/mol. The van der Waals surface area contributed by atoms with Gasteiger partial charge in [0.1, 0.15) is 17.0 Å². The number of anilines is 2. The molecule has 0 atom stereocenters. The molecule has 7 heteroatoms. The third-order valence-electron chi connectivity index (χ3n) is 2.41. The normalized spacial score (nSPS) is 10.6. The number of thiophene rings is 1. The Kier molecular flexibility index (Phi) is 3.85. The zero-order chi connectivity index (χ0) is 14.5. The van der Waals surface area contributed by atoms with Crippen LogP contribution in [0, 0.1) is 22.7 Å². The molecule has 0 radical (unpaired) electrons. The van der Waals surface area contributed by atoms with E-state index in [9.17, 15) is 5.11 Å². The highest BCUT2D eigenvalue weighted by Crippen LogP contribution is 2.36. The van der Waals surface area contributed by atoms with Crippen LogP contribution in [0.3, 0.4) is 0 Å². The van der Waals surface area contributed by atoms with Gasteiger partial charge in [-0.3, -0.25) is 5.43 Å². The van der Waals surface area contributed by atoms with Crippen LogP contribution >= 0.6 is 11.3 Å². The lowest BCUT2D eigenvalue weighted by Gasteiger charge is -2.00. The number of hydrazone groups is 1. The summed E-state index contributed by atoms with van der Waals surface area (Å²) in [5, 5.41) is 31.5. The molecule has 0 unspecified atom stereocenters. The van der Waals surface area contributed by atoms with E-state index < -0.39 is 0 Å². The van der Waals surface area contributed by atoms with E-state index in [2.05, 4.69) is 10.5 Å². The second kappa shape index (κ2) is 5.74. The van der Waals surface area contributed by atoms with Crippen LogP contribution < -0.4 is 11.2 Å². The highest BCUT2D eigenvalue weighted by atomic mass is 32.1. The number of nitrogens with two attached hydrogens (primary N) is 1. The first-order valence-electron chi connectivity index (χ1n) is 5.48. The number of nitriles is 2. The minimum atomic E-state index is -0.310. The summed E-state index contributed by atoms with van der Waals surface area (Å²) in [5.41, 5.74) is 9.10. The zero-order valence-corrected chi connectivity index (χ0v) is 11.0. The van der Waals surface area contributed by atoms with Crippen LogP contribution in [0.5, 0.6) is 5.75 Å². The predicted octanol–water partition coefficient (Wildman–Crippen LogP) is 2.25. The lowest BCUT2D eigenvalue weighted by molar-refractivity contribution is 0.479. The fourth-order valence-electron chi connectivity index (χ4n) is 1.45. The van der Waals surface area contributed by atoms with Gasteiger partial charge in [-0.05, 0) is 12.1 Å². The first-order chi connectivity index (χ1) is 9.67. The Hall–Kier alpha value is -3.03. The molecule has 0 saturated carbocycles. The van der Waals surface area contributed by atoms with Crippen molar-refractivity contribution in [2.75, 3.05) is 11.2 Å². The molecule has 1 aromatic heterocycles. The predicted molar refractivity (Wildman–Crippen MR) is 77.3 cm³/mol. The van der Waals surface area contributed by atoms with Crippen LogP contribution in [-0.2, 0) is 0 Å². The average molecular weight is 283 g/mol. The molecule has 98 valence electrons. The molecule has 0 aliphatic rings. The molecule has 4 N–H and O–H groups in total. The summed E-state index contributed by atoms with van der Waals surface area (Å²) < 4.78 is 0. The average Bonchev–Trinajstić information content (AvgIpc) is 2.77. The van der Waals surface area contributed by atoms with Gasteiger partial charge in [-0.1, -0.05) is 18.2 Å². The van der Waals surface area contributed by atoms with Gasteiger partial charge in [0.15, 0.2) is 11.5 Å². The molecule has 1 heterocycles. The van der Waals surface area contributed by atoms with Gasteiger partial charge < -0.3 is 10.8 Å². The highest BCUT2D eigenvalue weighted by Gasteiger charge is 2.19. The number of rotatable bonds is 3. The van der Waals surface area contributed by atoms with Crippen LogP contribution in [0.15, 0.2) is 35.4 Å². The van der Waals surface area contributed by atoms with Crippen molar-refractivity contribution >= 4 is 28.4 Å². The largest absolute Gasteiger partial charge is 0.504 e. The monoisotopic (exact) mass is 283 g/mol. The fourth-order valence-corrected chi connectivity index (χ4v) is 2.30. The Labute approximate surface area is 119 Å². The van der Waals surface area contributed by atoms with Gasteiger partial charge in [0, 0.05) is 0 Å². The highest BCUT2D eigenvalue weighted by molar-refractivity contribution is 7.15. The Balaban J connectivity index is 2.34. The van der Waals surface area contributed by atoms with Gasteiger partial charge in [-0.15, -0.1) is 11.3 Å². The number of para-hydroxylation sites is 1. The van der Waals surface area contributed by atoms with Gasteiger partial charge >= 0.3 is 0 Å². The summed E-state index contributed by atoms with van der Waals surface area (Å²) in [5.74, 6) is -0.310. The van der Waals surface area contributed by atoms with Crippen molar-refractivity contribution in [1.82, 2.24) is 0 Å². The molecule has 0 fully saturated rings. The van der Waals surface area contributed by atoms with Crippen molar-refractivity contribution in [1.29, 1.82) is 10.5 Å². The molecular formula is C13H9N5OS. The summed E-state index contributed by atoms with van der Waals surface area (Å²) in [6, 6.07) is 12.8. The number of hydrogen-bond donors (Lipinski definition) is 3. The van der Waals surface area contributed by atoms with E-state index in [1.165, 1.54) is 0 Å². The minimum Gasteiger partial charge on any atom is -0.504 e. The summed E-state index contributed by atoms with van der Waals surface area (Å²) in [4.78, 5) is 0.324. The molecule has 0 aliphatic heterocycles. The first kappa shape index (κ1) is 13.4. The lowest BCUT2D eigenvalue weighted by Crippen LogP contribution is -2.02. The maximum atomic E-state index is 9.63. The molecule has 20 heavy (non-hydrogen) atoms. The number of nitrogen functional groups attached to an aromatic ring is 1. The molecule has 0 amide bonds. The van der Waals surface area contributed by atoms with E-state index in [0.717, 1.165) is 11.3 Å². The zero-order valence-electron chi connectivity index (χ0n) is 10.2. The van der Waals surface area contributed by atoms with Crippen molar-refractivity contribution in [2.45, 2.75) is 0 Å². The second-order valence-electron chi connectivity index (χ2n) is 3.68. The van der Waals surface area contributed by atoms with Crippen molar-refractivity contribution < 1.29 is 5.11 Å². The standard InChI is InChI=1S/C13H9N5OS/c14-6-9(18-17-8-4-2-1-3-5-8)13-11(16)12(19)10(7-15)20-13/h1-5,17,19H,16H2/b18-9+. The van der Waals surface area contributed by atoms with Crippen molar-refractivity contribution in [3.8, 4) is 17.9 Å². The summed E-state index contributed by atoms with van der Waals surface area (Å²) in [6.07, 6.45) is 0. The van der Waals surface area contributed by atoms with Crippen LogP contribution in [0.4, 0.5) is 11.4 Å². The van der Waals surface area contributed by atoms with Gasteiger partial charge in [-0.2, -0.15) is 15.6 Å². The number of benzene rings is 1. The maximum absolute atomic E-state index is 9.63. The second-order valence-corrected chi connectivity index (χ2v) is 4.71. The topological polar surface area (TPSA) is 118 Å². The third-order valence-corrected chi connectivity index (χ3v) is 3.52. The quantitative estimate of drug-likeness (QED) is 0.589. The molecule has 0 aliphatic carbocycles. The molecule has 1 aromatic carbocycles. The Bertz CT molecular complexity index is 737. The van der Waals surface area contributed by atoms with Crippen LogP contribution in [-0.4, -0.2) is 10.8 Å². The lowest BCUT2D eigenvalue weighted by atomic mass is 10.2. The number of nitrogens with one attached hydrogen (secondary N) is 1. The molecule has 2 aromatic rings. The van der Waals surface area contributed by atoms with Crippen LogP contribution in [0.25, 0.3) is 0 Å². The number of nitrogens with zero attached hydrogens (tertiary/aromatic N) is 3. The molecule has 0 spiro atoms. The van der Waals surface area contributed by atoms with E-state index in [0.29, 0.717) is 5.69 Å². The molecule has 0 bridgehead atoms. The summed E-state index contributed by atoms with van der Waals surface area (Å²) >= 11 is 0.925. The Morgan fingerprint density at radius 1 is 1.30 bits per heavy atom. The van der Waals surface area contributed by atoms with Crippen LogP contribution in [0.2, 0.25) is 0 Å². The smallest absolute Gasteiger partial charge is 0.180 e. The first-order valence-corrected chi connectivity index (χ1v) is 6.29. The van der Waals surface area contributed by atoms with Gasteiger partial charge in [-0.25, -0.2) is 0 Å². The van der Waals surface area contributed by atoms with E-state index in [1.807, 2.05) is 30.3 Å². The van der Waals surface area contributed by atoms with E-state index in [-0.39, 0.29) is 26.9 Å².